The number of hydrogen-bond donors (Lipinski definition) is 2. The van der Waals surface area contributed by atoms with Gasteiger partial charge in [-0.05, 0) is 64.6 Å². The molecule has 0 aliphatic rings. The maximum absolute atomic E-state index is 12.8. The van der Waals surface area contributed by atoms with Crippen molar-refractivity contribution in [1.82, 2.24) is 10.6 Å². The number of nitrogens with one attached hydrogen (secondary N) is 2. The lowest BCUT2D eigenvalue weighted by molar-refractivity contribution is -0.117. The molecule has 0 atom stereocenters. The summed E-state index contributed by atoms with van der Waals surface area (Å²) < 4.78 is 11.3. The van der Waals surface area contributed by atoms with E-state index < -0.39 is 5.91 Å². The molecular formula is C22H19IN2O4. The molecule has 1 heterocycles. The predicted molar refractivity (Wildman–Crippen MR) is 118 cm³/mol. The van der Waals surface area contributed by atoms with Gasteiger partial charge in [-0.2, -0.15) is 0 Å². The van der Waals surface area contributed by atoms with E-state index >= 15 is 0 Å². The van der Waals surface area contributed by atoms with Gasteiger partial charge in [0.1, 0.15) is 17.2 Å². The van der Waals surface area contributed by atoms with Crippen molar-refractivity contribution in [2.24, 2.45) is 0 Å². The Labute approximate surface area is 182 Å². The Kier molecular flexibility index (Phi) is 7.07. The van der Waals surface area contributed by atoms with E-state index in [0.29, 0.717) is 21.6 Å². The highest BCUT2D eigenvalue weighted by atomic mass is 127. The Hall–Kier alpha value is -3.07. The van der Waals surface area contributed by atoms with Crippen LogP contribution >= 0.6 is 22.6 Å². The van der Waals surface area contributed by atoms with Gasteiger partial charge in [0.15, 0.2) is 3.77 Å². The summed E-state index contributed by atoms with van der Waals surface area (Å²) in [7, 11) is 1.60. The number of ether oxygens (including phenoxy) is 1. The van der Waals surface area contributed by atoms with Gasteiger partial charge in [0.2, 0.25) is 0 Å². The van der Waals surface area contributed by atoms with Crippen LogP contribution in [0.4, 0.5) is 0 Å². The number of carbonyl (C=O) groups is 2. The third kappa shape index (κ3) is 5.95. The largest absolute Gasteiger partial charge is 0.497 e. The molecule has 0 fully saturated rings. The summed E-state index contributed by atoms with van der Waals surface area (Å²) in [6.07, 6.45) is 1.51. The molecule has 0 radical (unpaired) electrons. The Morgan fingerprint density at radius 3 is 2.38 bits per heavy atom. The second-order valence-electron chi connectivity index (χ2n) is 6.05. The number of carbonyl (C=O) groups excluding carboxylic acids is 2. The molecule has 2 aromatic carbocycles. The van der Waals surface area contributed by atoms with Crippen molar-refractivity contribution in [2.75, 3.05) is 7.11 Å². The fourth-order valence-electron chi connectivity index (χ4n) is 2.51. The highest BCUT2D eigenvalue weighted by Gasteiger charge is 2.15. The van der Waals surface area contributed by atoms with Crippen molar-refractivity contribution in [3.05, 3.63) is 93.1 Å². The molecule has 2 N–H and O–H groups in total. The first-order chi connectivity index (χ1) is 14.0. The van der Waals surface area contributed by atoms with Crippen LogP contribution in [0, 0.1) is 3.77 Å². The van der Waals surface area contributed by atoms with Gasteiger partial charge < -0.3 is 19.8 Å². The van der Waals surface area contributed by atoms with Crippen LogP contribution in [-0.4, -0.2) is 18.9 Å². The number of benzene rings is 2. The smallest absolute Gasteiger partial charge is 0.268 e. The van der Waals surface area contributed by atoms with E-state index in [1.54, 1.807) is 43.5 Å². The van der Waals surface area contributed by atoms with E-state index in [9.17, 15) is 9.59 Å². The summed E-state index contributed by atoms with van der Waals surface area (Å²) in [6.45, 7) is 0.303. The Morgan fingerprint density at radius 1 is 1.03 bits per heavy atom. The van der Waals surface area contributed by atoms with Gasteiger partial charge in [0.05, 0.1) is 7.11 Å². The van der Waals surface area contributed by atoms with Crippen LogP contribution in [0.3, 0.4) is 0 Å². The molecule has 7 heteroatoms. The molecule has 0 bridgehead atoms. The molecule has 29 heavy (non-hydrogen) atoms. The van der Waals surface area contributed by atoms with Gasteiger partial charge >= 0.3 is 0 Å². The van der Waals surface area contributed by atoms with Crippen LogP contribution in [0.5, 0.6) is 5.75 Å². The standard InChI is InChI=1S/C22H19IN2O4/c1-28-17-9-7-15(8-10-17)14-24-22(27)19(13-18-11-12-20(23)29-18)25-21(26)16-5-3-2-4-6-16/h2-13H,14H2,1H3,(H,24,27)(H,25,26)/b19-13-. The van der Waals surface area contributed by atoms with Gasteiger partial charge in [0.25, 0.3) is 11.8 Å². The normalized spacial score (nSPS) is 11.0. The van der Waals surface area contributed by atoms with Crippen LogP contribution in [-0.2, 0) is 11.3 Å². The number of hydrogen-bond acceptors (Lipinski definition) is 4. The minimum absolute atomic E-state index is 0.0955. The maximum atomic E-state index is 12.8. The molecule has 2 amide bonds. The van der Waals surface area contributed by atoms with Crippen LogP contribution in [0.2, 0.25) is 0 Å². The van der Waals surface area contributed by atoms with Crippen molar-refractivity contribution >= 4 is 40.5 Å². The van der Waals surface area contributed by atoms with Gasteiger partial charge in [-0.1, -0.05) is 30.3 Å². The summed E-state index contributed by atoms with van der Waals surface area (Å²) >= 11 is 2.04. The molecule has 6 nitrogen and oxygen atoms in total. The molecule has 3 rings (SSSR count). The zero-order valence-electron chi connectivity index (χ0n) is 15.6. The molecule has 0 saturated heterocycles. The first kappa shape index (κ1) is 20.7. The second-order valence-corrected chi connectivity index (χ2v) is 7.11. The molecule has 0 unspecified atom stereocenters. The number of furan rings is 1. The molecule has 148 valence electrons. The zero-order valence-corrected chi connectivity index (χ0v) is 17.8. The van der Waals surface area contributed by atoms with Crippen LogP contribution < -0.4 is 15.4 Å². The highest BCUT2D eigenvalue weighted by molar-refractivity contribution is 14.1. The number of halogens is 1. The Bertz CT molecular complexity index is 1010. The molecule has 0 aliphatic heterocycles. The van der Waals surface area contributed by atoms with Crippen LogP contribution in [0.1, 0.15) is 21.7 Å². The lowest BCUT2D eigenvalue weighted by Crippen LogP contribution is -2.34. The molecule has 3 aromatic rings. The molecule has 0 saturated carbocycles. The zero-order chi connectivity index (χ0) is 20.6. The highest BCUT2D eigenvalue weighted by Crippen LogP contribution is 2.14. The van der Waals surface area contributed by atoms with Gasteiger partial charge in [-0.3, -0.25) is 9.59 Å². The van der Waals surface area contributed by atoms with E-state index in [1.807, 2.05) is 52.9 Å². The van der Waals surface area contributed by atoms with Gasteiger partial charge in [0, 0.05) is 18.2 Å². The summed E-state index contributed by atoms with van der Waals surface area (Å²) in [4.78, 5) is 25.3. The van der Waals surface area contributed by atoms with E-state index in [4.69, 9.17) is 9.15 Å². The Morgan fingerprint density at radius 2 is 1.76 bits per heavy atom. The first-order valence-corrected chi connectivity index (χ1v) is 9.87. The van der Waals surface area contributed by atoms with E-state index in [0.717, 1.165) is 11.3 Å². The number of methoxy groups -OCH3 is 1. The summed E-state index contributed by atoms with van der Waals surface area (Å²) in [5.41, 5.74) is 1.45. The van der Waals surface area contributed by atoms with Crippen molar-refractivity contribution in [3.8, 4) is 5.75 Å². The first-order valence-electron chi connectivity index (χ1n) is 8.80. The third-order valence-corrected chi connectivity index (χ3v) is 4.60. The second kappa shape index (κ2) is 9.92. The summed E-state index contributed by atoms with van der Waals surface area (Å²) in [5.74, 6) is 0.412. The average molecular weight is 502 g/mol. The maximum Gasteiger partial charge on any atom is 0.268 e. The predicted octanol–water partition coefficient (Wildman–Crippen LogP) is 3.98. The summed E-state index contributed by atoms with van der Waals surface area (Å²) in [6, 6.07) is 19.6. The van der Waals surface area contributed by atoms with E-state index in [1.165, 1.54) is 6.08 Å². The van der Waals surface area contributed by atoms with Crippen molar-refractivity contribution < 1.29 is 18.7 Å². The molecule has 1 aromatic heterocycles. The van der Waals surface area contributed by atoms with Crippen LogP contribution in [0.15, 0.2) is 76.8 Å². The molecular weight excluding hydrogens is 483 g/mol. The average Bonchev–Trinajstić information content (AvgIpc) is 3.17. The van der Waals surface area contributed by atoms with Gasteiger partial charge in [-0.15, -0.1) is 0 Å². The number of rotatable bonds is 7. The minimum atomic E-state index is -0.420. The van der Waals surface area contributed by atoms with Crippen molar-refractivity contribution in [3.63, 3.8) is 0 Å². The number of amides is 2. The minimum Gasteiger partial charge on any atom is -0.497 e. The lowest BCUT2D eigenvalue weighted by Gasteiger charge is -2.11. The van der Waals surface area contributed by atoms with Gasteiger partial charge in [-0.25, -0.2) is 0 Å². The quantitative estimate of drug-likeness (QED) is 0.379. The monoisotopic (exact) mass is 502 g/mol. The lowest BCUT2D eigenvalue weighted by atomic mass is 10.2. The van der Waals surface area contributed by atoms with Crippen LogP contribution in [0.25, 0.3) is 6.08 Å². The van der Waals surface area contributed by atoms with Crippen molar-refractivity contribution in [1.29, 1.82) is 0 Å². The Balaban J connectivity index is 1.75. The molecule has 0 spiro atoms. The van der Waals surface area contributed by atoms with E-state index in [-0.39, 0.29) is 11.6 Å². The topological polar surface area (TPSA) is 80.6 Å². The van der Waals surface area contributed by atoms with E-state index in [2.05, 4.69) is 10.6 Å². The fourth-order valence-corrected chi connectivity index (χ4v) is 2.95. The third-order valence-electron chi connectivity index (χ3n) is 4.02. The molecule has 0 aliphatic carbocycles. The fraction of sp³-hybridized carbons (Fsp3) is 0.0909. The van der Waals surface area contributed by atoms with Crippen molar-refractivity contribution in [2.45, 2.75) is 6.54 Å². The summed E-state index contributed by atoms with van der Waals surface area (Å²) in [5, 5.41) is 5.49. The SMILES string of the molecule is COc1ccc(CNC(=O)/C(=C/c2ccc(I)o2)NC(=O)c2ccccc2)cc1.